The van der Waals surface area contributed by atoms with E-state index in [1.54, 1.807) is 11.0 Å². The van der Waals surface area contributed by atoms with Gasteiger partial charge in [0.25, 0.3) is 0 Å². The van der Waals surface area contributed by atoms with E-state index >= 15 is 0 Å². The number of carbonyl (C=O) groups is 1. The SMILES string of the molecule is C=CC(=O)N1CCN(c2c(C#N)c(NC3CCN(C)CC3)nc3c2CCN(c2ccccc2O)C3)CC1. The first-order valence-electron chi connectivity index (χ1n) is 13.1. The van der Waals surface area contributed by atoms with Gasteiger partial charge in [-0.25, -0.2) is 4.98 Å². The lowest BCUT2D eigenvalue weighted by atomic mass is 9.96. The Hall–Kier alpha value is -3.77. The van der Waals surface area contributed by atoms with Crippen molar-refractivity contribution in [3.63, 3.8) is 0 Å². The number of nitriles is 1. The Labute approximate surface area is 218 Å². The van der Waals surface area contributed by atoms with Crippen LogP contribution in [-0.4, -0.2) is 84.7 Å². The monoisotopic (exact) mass is 501 g/mol. The van der Waals surface area contributed by atoms with E-state index in [0.29, 0.717) is 44.1 Å². The summed E-state index contributed by atoms with van der Waals surface area (Å²) in [5.74, 6) is 0.849. The van der Waals surface area contributed by atoms with Gasteiger partial charge >= 0.3 is 0 Å². The number of pyridine rings is 1. The van der Waals surface area contributed by atoms with Gasteiger partial charge in [0.1, 0.15) is 23.2 Å². The smallest absolute Gasteiger partial charge is 0.246 e. The number of aromatic hydroxyl groups is 1. The van der Waals surface area contributed by atoms with E-state index in [0.717, 1.165) is 61.5 Å². The number of anilines is 3. The standard InChI is InChI=1S/C28H35N7O2/c1-3-26(37)33-14-16-34(17-15-33)27-21-10-13-35(24-6-4-5-7-25(24)36)19-23(21)31-28(22(27)18-29)30-20-8-11-32(2)12-9-20/h3-7,20,36H,1,8-17,19H2,2H3,(H,30,31). The summed E-state index contributed by atoms with van der Waals surface area (Å²) < 4.78 is 0. The van der Waals surface area contributed by atoms with Gasteiger partial charge in [-0.2, -0.15) is 5.26 Å². The highest BCUT2D eigenvalue weighted by molar-refractivity contribution is 5.87. The first-order valence-corrected chi connectivity index (χ1v) is 13.1. The van der Waals surface area contributed by atoms with Crippen molar-refractivity contribution in [3.05, 3.63) is 53.7 Å². The second-order valence-electron chi connectivity index (χ2n) is 10.1. The van der Waals surface area contributed by atoms with Crippen LogP contribution in [0.1, 0.15) is 29.7 Å². The molecule has 2 fully saturated rings. The second-order valence-corrected chi connectivity index (χ2v) is 10.1. The first kappa shape index (κ1) is 24.9. The van der Waals surface area contributed by atoms with Gasteiger partial charge in [-0.1, -0.05) is 18.7 Å². The van der Waals surface area contributed by atoms with Gasteiger partial charge < -0.3 is 30.0 Å². The molecule has 0 radical (unpaired) electrons. The van der Waals surface area contributed by atoms with Crippen molar-refractivity contribution in [2.75, 3.05) is 68.0 Å². The number of phenolic OH excluding ortho intramolecular Hbond substituents is 1. The number of benzene rings is 1. The largest absolute Gasteiger partial charge is 0.506 e. The summed E-state index contributed by atoms with van der Waals surface area (Å²) in [4.78, 5) is 25.7. The fourth-order valence-corrected chi connectivity index (χ4v) is 5.68. The molecule has 9 heteroatoms. The molecule has 194 valence electrons. The summed E-state index contributed by atoms with van der Waals surface area (Å²) in [6.07, 6.45) is 4.09. The van der Waals surface area contributed by atoms with Crippen LogP contribution in [0, 0.1) is 11.3 Å². The van der Waals surface area contributed by atoms with Crippen LogP contribution in [0.2, 0.25) is 0 Å². The number of piperidine rings is 1. The molecule has 2 saturated heterocycles. The van der Waals surface area contributed by atoms with Crippen LogP contribution in [0.4, 0.5) is 17.2 Å². The van der Waals surface area contributed by atoms with Crippen molar-refractivity contribution in [1.82, 2.24) is 14.8 Å². The predicted octanol–water partition coefficient (Wildman–Crippen LogP) is 2.56. The summed E-state index contributed by atoms with van der Waals surface area (Å²) >= 11 is 0. The highest BCUT2D eigenvalue weighted by atomic mass is 16.3. The van der Waals surface area contributed by atoms with E-state index in [4.69, 9.17) is 4.98 Å². The maximum absolute atomic E-state index is 12.2. The lowest BCUT2D eigenvalue weighted by Crippen LogP contribution is -2.49. The Morgan fingerprint density at radius 3 is 2.54 bits per heavy atom. The van der Waals surface area contributed by atoms with Crippen LogP contribution < -0.4 is 15.1 Å². The summed E-state index contributed by atoms with van der Waals surface area (Å²) in [6, 6.07) is 10.1. The number of rotatable bonds is 5. The molecular formula is C28H35N7O2. The van der Waals surface area contributed by atoms with Crippen LogP contribution >= 0.6 is 0 Å². The van der Waals surface area contributed by atoms with Crippen molar-refractivity contribution in [3.8, 4) is 11.8 Å². The number of likely N-dealkylation sites (tertiary alicyclic amines) is 1. The summed E-state index contributed by atoms with van der Waals surface area (Å²) in [5.41, 5.74) is 4.37. The van der Waals surface area contributed by atoms with Crippen molar-refractivity contribution in [1.29, 1.82) is 5.26 Å². The molecule has 2 N–H and O–H groups in total. The maximum Gasteiger partial charge on any atom is 0.246 e. The molecule has 4 heterocycles. The third-order valence-corrected chi connectivity index (χ3v) is 7.80. The molecule has 5 rings (SSSR count). The number of aromatic nitrogens is 1. The first-order chi connectivity index (χ1) is 18.0. The topological polar surface area (TPSA) is 99.0 Å². The summed E-state index contributed by atoms with van der Waals surface area (Å²) in [7, 11) is 2.14. The Kier molecular flexibility index (Phi) is 7.19. The van der Waals surface area contributed by atoms with Crippen LogP contribution in [0.25, 0.3) is 0 Å². The Morgan fingerprint density at radius 2 is 1.86 bits per heavy atom. The Morgan fingerprint density at radius 1 is 1.14 bits per heavy atom. The summed E-state index contributed by atoms with van der Waals surface area (Å²) in [5, 5.41) is 24.4. The van der Waals surface area contributed by atoms with Crippen molar-refractivity contribution in [2.24, 2.45) is 0 Å². The molecule has 0 aliphatic carbocycles. The maximum atomic E-state index is 12.2. The van der Waals surface area contributed by atoms with Crippen LogP contribution in [-0.2, 0) is 17.8 Å². The molecule has 37 heavy (non-hydrogen) atoms. The highest BCUT2D eigenvalue weighted by Gasteiger charge is 2.31. The Bertz CT molecular complexity index is 1210. The third kappa shape index (κ3) is 5.07. The van der Waals surface area contributed by atoms with Gasteiger partial charge in [0.15, 0.2) is 0 Å². The lowest BCUT2D eigenvalue weighted by molar-refractivity contribution is -0.126. The minimum Gasteiger partial charge on any atom is -0.506 e. The van der Waals surface area contributed by atoms with Crippen molar-refractivity contribution >= 4 is 23.1 Å². The Balaban J connectivity index is 1.50. The number of piperazine rings is 1. The molecule has 0 saturated carbocycles. The van der Waals surface area contributed by atoms with Crippen LogP contribution in [0.15, 0.2) is 36.9 Å². The van der Waals surface area contributed by atoms with Gasteiger partial charge in [0.2, 0.25) is 5.91 Å². The second kappa shape index (κ2) is 10.7. The summed E-state index contributed by atoms with van der Waals surface area (Å²) in [6.45, 7) is 9.41. The molecular weight excluding hydrogens is 466 g/mol. The molecule has 1 amide bonds. The number of fused-ring (bicyclic) bond motifs is 1. The molecule has 9 nitrogen and oxygen atoms in total. The van der Waals surface area contributed by atoms with E-state index in [9.17, 15) is 15.2 Å². The van der Waals surface area contributed by atoms with Crippen LogP contribution in [0.3, 0.4) is 0 Å². The number of hydrogen-bond acceptors (Lipinski definition) is 8. The number of hydrogen-bond donors (Lipinski definition) is 2. The predicted molar refractivity (Wildman–Crippen MR) is 145 cm³/mol. The van der Waals surface area contributed by atoms with Gasteiger partial charge in [0, 0.05) is 44.3 Å². The van der Waals surface area contributed by atoms with Crippen molar-refractivity contribution < 1.29 is 9.90 Å². The van der Waals surface area contributed by atoms with E-state index in [1.165, 1.54) is 6.08 Å². The molecule has 0 unspecified atom stereocenters. The molecule has 1 aromatic heterocycles. The van der Waals surface area contributed by atoms with E-state index in [-0.39, 0.29) is 17.7 Å². The van der Waals surface area contributed by atoms with Gasteiger partial charge in [-0.05, 0) is 57.6 Å². The fraction of sp³-hybridized carbons (Fsp3) is 0.464. The average Bonchev–Trinajstić information content (AvgIpc) is 2.93. The third-order valence-electron chi connectivity index (χ3n) is 7.80. The normalized spacial score (nSPS) is 18.8. The minimum absolute atomic E-state index is 0.0557. The highest BCUT2D eigenvalue weighted by Crippen LogP contribution is 2.38. The molecule has 3 aliphatic rings. The molecule has 0 spiro atoms. The number of nitrogens with one attached hydrogen (secondary N) is 1. The zero-order chi connectivity index (χ0) is 25.9. The van der Waals surface area contributed by atoms with Gasteiger partial charge in [0.05, 0.1) is 23.6 Å². The molecule has 3 aliphatic heterocycles. The molecule has 0 bridgehead atoms. The van der Waals surface area contributed by atoms with E-state index in [2.05, 4.69) is 39.7 Å². The average molecular weight is 502 g/mol. The van der Waals surface area contributed by atoms with E-state index < -0.39 is 0 Å². The zero-order valence-corrected chi connectivity index (χ0v) is 21.5. The number of phenols is 1. The van der Waals surface area contributed by atoms with Crippen molar-refractivity contribution in [2.45, 2.75) is 31.8 Å². The van der Waals surface area contributed by atoms with Gasteiger partial charge in [-0.3, -0.25) is 4.79 Å². The lowest BCUT2D eigenvalue weighted by Gasteiger charge is -2.40. The number of carbonyl (C=O) groups excluding carboxylic acids is 1. The van der Waals surface area contributed by atoms with Gasteiger partial charge in [-0.15, -0.1) is 0 Å². The molecule has 1 aromatic carbocycles. The number of nitrogens with zero attached hydrogens (tertiary/aromatic N) is 6. The number of para-hydroxylation sites is 2. The fourth-order valence-electron chi connectivity index (χ4n) is 5.68. The van der Waals surface area contributed by atoms with Crippen LogP contribution in [0.5, 0.6) is 5.75 Å². The van der Waals surface area contributed by atoms with E-state index in [1.807, 2.05) is 18.2 Å². The molecule has 0 atom stereocenters. The minimum atomic E-state index is -0.0557. The zero-order valence-electron chi connectivity index (χ0n) is 21.5. The molecule has 2 aromatic rings. The quantitative estimate of drug-likeness (QED) is 0.604. The number of amides is 1.